The first-order chi connectivity index (χ1) is 8.84. The van der Waals surface area contributed by atoms with E-state index in [1.165, 1.54) is 0 Å². The van der Waals surface area contributed by atoms with E-state index in [1.807, 2.05) is 60.7 Å². The van der Waals surface area contributed by atoms with Crippen LogP contribution in [0.5, 0.6) is 0 Å². The van der Waals surface area contributed by atoms with Gasteiger partial charge in [0.2, 0.25) is 0 Å². The summed E-state index contributed by atoms with van der Waals surface area (Å²) in [7, 11) is 0. The third-order valence-corrected chi connectivity index (χ3v) is 2.46. The highest BCUT2D eigenvalue weighted by molar-refractivity contribution is 5.14. The summed E-state index contributed by atoms with van der Waals surface area (Å²) in [5.41, 5.74) is 1.92. The predicted molar refractivity (Wildman–Crippen MR) is 66.3 cm³/mol. The fourth-order valence-corrected chi connectivity index (χ4v) is 1.53. The molecule has 0 saturated heterocycles. The maximum atomic E-state index is 11.4. The Bertz CT molecular complexity index is 398. The van der Waals surface area contributed by atoms with Gasteiger partial charge in [-0.2, -0.15) is 0 Å². The molecule has 0 bridgehead atoms. The van der Waals surface area contributed by atoms with Crippen LogP contribution in [-0.4, -0.2) is 6.48 Å². The second kappa shape index (κ2) is 6.91. The molecule has 0 aliphatic rings. The third-order valence-electron chi connectivity index (χ3n) is 2.46. The molecule has 94 valence electrons. The molecule has 0 heterocycles. The van der Waals surface area contributed by atoms with Crippen molar-refractivity contribution in [2.45, 2.75) is 19.7 Å². The number of rotatable bonds is 6. The molecule has 0 N–H and O–H groups in total. The Balaban J connectivity index is 1.71. The largest absolute Gasteiger partial charge is 0.809 e. The van der Waals surface area contributed by atoms with Gasteiger partial charge in [0.15, 0.2) is 0 Å². The average molecular weight is 243 g/mol. The highest BCUT2D eigenvalue weighted by Crippen LogP contribution is 2.05. The number of ether oxygens (including phenoxy) is 2. The molecule has 0 aliphatic carbocycles. The van der Waals surface area contributed by atoms with E-state index in [0.29, 0.717) is 0 Å². The normalized spacial score (nSPS) is 10.8. The van der Waals surface area contributed by atoms with Gasteiger partial charge in [-0.15, -0.1) is 0 Å². The van der Waals surface area contributed by atoms with Crippen molar-refractivity contribution in [3.8, 4) is 0 Å². The summed E-state index contributed by atoms with van der Waals surface area (Å²) in [6.07, 6.45) is 0. The van der Waals surface area contributed by atoms with Crippen LogP contribution in [-0.2, 0) is 22.7 Å². The van der Waals surface area contributed by atoms with Crippen molar-refractivity contribution < 1.29 is 14.6 Å². The van der Waals surface area contributed by atoms with Crippen LogP contribution in [0.25, 0.3) is 0 Å². The van der Waals surface area contributed by atoms with Gasteiger partial charge in [0.05, 0.1) is 19.7 Å². The van der Waals surface area contributed by atoms with Gasteiger partial charge in [-0.05, 0) is 11.1 Å². The molecule has 3 nitrogen and oxygen atoms in total. The minimum Gasteiger partial charge on any atom is -0.809 e. The monoisotopic (exact) mass is 243 g/mol. The van der Waals surface area contributed by atoms with E-state index in [9.17, 15) is 5.11 Å². The SMILES string of the molecule is [O-]C(OCc1ccccc1)OCc1ccccc1. The standard InChI is InChI=1S/C15H15O3/c16-15(17-11-13-7-3-1-4-8-13)18-12-14-9-5-2-6-10-14/h1-10,15H,11-12H2/q-1. The van der Waals surface area contributed by atoms with Crippen molar-refractivity contribution in [2.24, 2.45) is 0 Å². The molecule has 2 aromatic rings. The van der Waals surface area contributed by atoms with Gasteiger partial charge in [-0.3, -0.25) is 0 Å². The third kappa shape index (κ3) is 4.30. The smallest absolute Gasteiger partial charge is 0.0876 e. The molecular formula is C15H15O3-. The van der Waals surface area contributed by atoms with E-state index in [0.717, 1.165) is 11.1 Å². The highest BCUT2D eigenvalue weighted by Gasteiger charge is 1.97. The minimum atomic E-state index is -1.45. The molecule has 2 rings (SSSR count). The van der Waals surface area contributed by atoms with Crippen LogP contribution in [0, 0.1) is 0 Å². The zero-order chi connectivity index (χ0) is 12.6. The van der Waals surface area contributed by atoms with E-state index in [2.05, 4.69) is 0 Å². The molecule has 0 unspecified atom stereocenters. The molecule has 2 aromatic carbocycles. The average Bonchev–Trinajstić information content (AvgIpc) is 2.45. The van der Waals surface area contributed by atoms with Crippen LogP contribution in [0.15, 0.2) is 60.7 Å². The lowest BCUT2D eigenvalue weighted by Crippen LogP contribution is -2.31. The topological polar surface area (TPSA) is 41.5 Å². The Kier molecular flexibility index (Phi) is 4.90. The summed E-state index contributed by atoms with van der Waals surface area (Å²) in [5.74, 6) is 0. The summed E-state index contributed by atoms with van der Waals surface area (Å²) in [6, 6.07) is 19.1. The quantitative estimate of drug-likeness (QED) is 0.729. The Hall–Kier alpha value is -1.68. The minimum absolute atomic E-state index is 0.268. The fourth-order valence-electron chi connectivity index (χ4n) is 1.53. The van der Waals surface area contributed by atoms with Crippen LogP contribution in [0.4, 0.5) is 0 Å². The zero-order valence-electron chi connectivity index (χ0n) is 9.99. The van der Waals surface area contributed by atoms with E-state index < -0.39 is 6.48 Å². The maximum Gasteiger partial charge on any atom is 0.0876 e. The van der Waals surface area contributed by atoms with Gasteiger partial charge < -0.3 is 14.6 Å². The summed E-state index contributed by atoms with van der Waals surface area (Å²) in [6.45, 7) is -0.918. The second-order valence-corrected chi connectivity index (χ2v) is 3.88. The van der Waals surface area contributed by atoms with E-state index in [-0.39, 0.29) is 13.2 Å². The Morgan fingerprint density at radius 2 is 1.11 bits per heavy atom. The number of hydrogen-bond donors (Lipinski definition) is 0. The highest BCUT2D eigenvalue weighted by atomic mass is 16.8. The molecule has 0 saturated carbocycles. The second-order valence-electron chi connectivity index (χ2n) is 3.88. The predicted octanol–water partition coefficient (Wildman–Crippen LogP) is 2.06. The van der Waals surface area contributed by atoms with Gasteiger partial charge in [-0.1, -0.05) is 60.7 Å². The number of benzene rings is 2. The van der Waals surface area contributed by atoms with Crippen molar-refractivity contribution >= 4 is 0 Å². The molecule has 0 spiro atoms. The first-order valence-corrected chi connectivity index (χ1v) is 5.81. The molecular weight excluding hydrogens is 228 g/mol. The molecule has 0 fully saturated rings. The van der Waals surface area contributed by atoms with Gasteiger partial charge in [0.25, 0.3) is 0 Å². The van der Waals surface area contributed by atoms with Crippen LogP contribution in [0.3, 0.4) is 0 Å². The van der Waals surface area contributed by atoms with E-state index in [1.54, 1.807) is 0 Å². The van der Waals surface area contributed by atoms with Crippen LogP contribution in [0.1, 0.15) is 11.1 Å². The Morgan fingerprint density at radius 3 is 1.50 bits per heavy atom. The Labute approximate surface area is 107 Å². The van der Waals surface area contributed by atoms with Crippen LogP contribution >= 0.6 is 0 Å². The molecule has 0 amide bonds. The Morgan fingerprint density at radius 1 is 0.722 bits per heavy atom. The molecule has 0 atom stereocenters. The van der Waals surface area contributed by atoms with Crippen molar-refractivity contribution in [3.05, 3.63) is 71.8 Å². The fraction of sp³-hybridized carbons (Fsp3) is 0.200. The van der Waals surface area contributed by atoms with Crippen LogP contribution in [0.2, 0.25) is 0 Å². The van der Waals surface area contributed by atoms with Crippen molar-refractivity contribution in [1.29, 1.82) is 0 Å². The van der Waals surface area contributed by atoms with Gasteiger partial charge in [0, 0.05) is 0 Å². The van der Waals surface area contributed by atoms with Crippen molar-refractivity contribution in [2.75, 3.05) is 0 Å². The molecule has 3 heteroatoms. The maximum absolute atomic E-state index is 11.4. The van der Waals surface area contributed by atoms with E-state index >= 15 is 0 Å². The van der Waals surface area contributed by atoms with Gasteiger partial charge in [-0.25, -0.2) is 0 Å². The van der Waals surface area contributed by atoms with E-state index in [4.69, 9.17) is 9.47 Å². The lowest BCUT2D eigenvalue weighted by Gasteiger charge is -2.23. The summed E-state index contributed by atoms with van der Waals surface area (Å²) in [5, 5.41) is 11.4. The number of hydrogen-bond acceptors (Lipinski definition) is 3. The lowest BCUT2D eigenvalue weighted by molar-refractivity contribution is -0.568. The van der Waals surface area contributed by atoms with Crippen molar-refractivity contribution in [1.82, 2.24) is 0 Å². The molecule has 0 aliphatic heterocycles. The molecule has 18 heavy (non-hydrogen) atoms. The van der Waals surface area contributed by atoms with Crippen LogP contribution < -0.4 is 5.11 Å². The van der Waals surface area contributed by atoms with Gasteiger partial charge >= 0.3 is 0 Å². The summed E-state index contributed by atoms with van der Waals surface area (Å²) in [4.78, 5) is 0. The summed E-state index contributed by atoms with van der Waals surface area (Å²) < 4.78 is 10.1. The van der Waals surface area contributed by atoms with Crippen molar-refractivity contribution in [3.63, 3.8) is 0 Å². The molecule has 0 radical (unpaired) electrons. The first-order valence-electron chi connectivity index (χ1n) is 5.81. The first kappa shape index (κ1) is 12.8. The zero-order valence-corrected chi connectivity index (χ0v) is 9.99. The lowest BCUT2D eigenvalue weighted by atomic mass is 10.2. The summed E-state index contributed by atoms with van der Waals surface area (Å²) >= 11 is 0. The van der Waals surface area contributed by atoms with Gasteiger partial charge in [0.1, 0.15) is 0 Å². The molecule has 0 aromatic heterocycles.